The average molecular weight is 240 g/mol. The van der Waals surface area contributed by atoms with Gasteiger partial charge in [-0.2, -0.15) is 0 Å². The molecule has 4 nitrogen and oxygen atoms in total. The lowest BCUT2D eigenvalue weighted by Gasteiger charge is -2.04. The molecule has 0 aliphatic carbocycles. The van der Waals surface area contributed by atoms with Gasteiger partial charge in [0.2, 0.25) is 0 Å². The summed E-state index contributed by atoms with van der Waals surface area (Å²) >= 11 is 5.72. The standard InChI is InChI=1S/C11H10ClNO3/c1-7(5-10(14)15)13-11(16)8-3-2-4-9(12)6-8/h2-6H,1H3,(H,13,16)(H,14,15)/b7-5+. The maximum absolute atomic E-state index is 11.6. The summed E-state index contributed by atoms with van der Waals surface area (Å²) in [5.74, 6) is -1.50. The van der Waals surface area contributed by atoms with E-state index in [9.17, 15) is 9.59 Å². The van der Waals surface area contributed by atoms with Crippen LogP contribution in [0.1, 0.15) is 17.3 Å². The lowest BCUT2D eigenvalue weighted by Crippen LogP contribution is -2.21. The third kappa shape index (κ3) is 3.74. The second-order valence-electron chi connectivity index (χ2n) is 3.13. The van der Waals surface area contributed by atoms with Gasteiger partial charge in [-0.3, -0.25) is 4.79 Å². The van der Waals surface area contributed by atoms with E-state index >= 15 is 0 Å². The lowest BCUT2D eigenvalue weighted by molar-refractivity contribution is -0.131. The van der Waals surface area contributed by atoms with Crippen LogP contribution in [0, 0.1) is 0 Å². The molecule has 0 saturated heterocycles. The van der Waals surface area contributed by atoms with Gasteiger partial charge in [-0.05, 0) is 25.1 Å². The Morgan fingerprint density at radius 3 is 2.69 bits per heavy atom. The van der Waals surface area contributed by atoms with Gasteiger partial charge < -0.3 is 10.4 Å². The quantitative estimate of drug-likeness (QED) is 0.794. The Morgan fingerprint density at radius 1 is 1.44 bits per heavy atom. The van der Waals surface area contributed by atoms with Crippen LogP contribution in [0.25, 0.3) is 0 Å². The minimum absolute atomic E-state index is 0.262. The van der Waals surface area contributed by atoms with Crippen LogP contribution in [0.15, 0.2) is 36.0 Å². The number of aliphatic carboxylic acids is 1. The highest BCUT2D eigenvalue weighted by molar-refractivity contribution is 6.30. The normalized spacial score (nSPS) is 11.0. The molecule has 0 fully saturated rings. The van der Waals surface area contributed by atoms with Gasteiger partial charge >= 0.3 is 5.97 Å². The van der Waals surface area contributed by atoms with Crippen molar-refractivity contribution in [3.05, 3.63) is 46.6 Å². The zero-order chi connectivity index (χ0) is 12.1. The molecule has 0 aliphatic rings. The molecule has 0 saturated carbocycles. The predicted molar refractivity (Wildman–Crippen MR) is 60.3 cm³/mol. The molecule has 16 heavy (non-hydrogen) atoms. The molecule has 1 aromatic carbocycles. The Labute approximate surface area is 97.5 Å². The third-order valence-electron chi connectivity index (χ3n) is 1.74. The molecule has 84 valence electrons. The number of benzene rings is 1. The van der Waals surface area contributed by atoms with Gasteiger partial charge in [0.25, 0.3) is 5.91 Å². The molecule has 0 spiro atoms. The van der Waals surface area contributed by atoms with Crippen molar-refractivity contribution in [2.45, 2.75) is 6.92 Å². The molecule has 0 radical (unpaired) electrons. The highest BCUT2D eigenvalue weighted by Crippen LogP contribution is 2.10. The molecule has 2 N–H and O–H groups in total. The molecule has 1 amide bonds. The minimum atomic E-state index is -1.11. The molecule has 5 heteroatoms. The van der Waals surface area contributed by atoms with Crippen LogP contribution in [0.4, 0.5) is 0 Å². The topological polar surface area (TPSA) is 66.4 Å². The summed E-state index contributed by atoms with van der Waals surface area (Å²) in [6.45, 7) is 1.50. The number of nitrogens with one attached hydrogen (secondary N) is 1. The molecule has 0 aliphatic heterocycles. The van der Waals surface area contributed by atoms with E-state index in [-0.39, 0.29) is 5.70 Å². The van der Waals surface area contributed by atoms with E-state index in [4.69, 9.17) is 16.7 Å². The summed E-state index contributed by atoms with van der Waals surface area (Å²) in [7, 11) is 0. The number of carboxylic acids is 1. The van der Waals surface area contributed by atoms with E-state index in [1.54, 1.807) is 18.2 Å². The van der Waals surface area contributed by atoms with Crippen molar-refractivity contribution in [1.29, 1.82) is 0 Å². The van der Waals surface area contributed by atoms with Gasteiger partial charge in [-0.25, -0.2) is 4.79 Å². The molecule has 0 unspecified atom stereocenters. The summed E-state index contributed by atoms with van der Waals surface area (Å²) in [4.78, 5) is 21.9. The summed E-state index contributed by atoms with van der Waals surface area (Å²) in [5.41, 5.74) is 0.642. The number of allylic oxidation sites excluding steroid dienone is 1. The first-order valence-electron chi connectivity index (χ1n) is 4.47. The van der Waals surface area contributed by atoms with Gasteiger partial charge in [-0.15, -0.1) is 0 Å². The lowest BCUT2D eigenvalue weighted by atomic mass is 10.2. The molecule has 0 atom stereocenters. The Balaban J connectivity index is 2.77. The largest absolute Gasteiger partial charge is 0.478 e. The maximum Gasteiger partial charge on any atom is 0.330 e. The van der Waals surface area contributed by atoms with Gasteiger partial charge in [0.15, 0.2) is 0 Å². The monoisotopic (exact) mass is 239 g/mol. The Kier molecular flexibility index (Phi) is 4.08. The Morgan fingerprint density at radius 2 is 2.12 bits per heavy atom. The smallest absolute Gasteiger partial charge is 0.330 e. The highest BCUT2D eigenvalue weighted by Gasteiger charge is 2.06. The number of amides is 1. The van der Waals surface area contributed by atoms with E-state index in [2.05, 4.69) is 5.32 Å². The number of carboxylic acid groups (broad SMARTS) is 1. The second kappa shape index (κ2) is 5.32. The second-order valence-corrected chi connectivity index (χ2v) is 3.57. The van der Waals surface area contributed by atoms with Crippen LogP contribution < -0.4 is 5.32 Å². The average Bonchev–Trinajstić information content (AvgIpc) is 2.16. The maximum atomic E-state index is 11.6. The minimum Gasteiger partial charge on any atom is -0.478 e. The first kappa shape index (κ1) is 12.3. The van der Waals surface area contributed by atoms with Crippen molar-refractivity contribution >= 4 is 23.5 Å². The Hall–Kier alpha value is -1.81. The van der Waals surface area contributed by atoms with E-state index in [1.807, 2.05) is 0 Å². The van der Waals surface area contributed by atoms with Crippen molar-refractivity contribution in [3.8, 4) is 0 Å². The van der Waals surface area contributed by atoms with E-state index < -0.39 is 11.9 Å². The highest BCUT2D eigenvalue weighted by atomic mass is 35.5. The molecule has 1 rings (SSSR count). The molecular weight excluding hydrogens is 230 g/mol. The SMILES string of the molecule is C/C(=C\C(=O)O)NC(=O)c1cccc(Cl)c1. The van der Waals surface area contributed by atoms with Crippen molar-refractivity contribution < 1.29 is 14.7 Å². The summed E-state index contributed by atoms with van der Waals surface area (Å²) in [5, 5.41) is 11.4. The van der Waals surface area contributed by atoms with Crippen LogP contribution in [0.2, 0.25) is 5.02 Å². The fraction of sp³-hybridized carbons (Fsp3) is 0.0909. The van der Waals surface area contributed by atoms with E-state index in [0.717, 1.165) is 6.08 Å². The zero-order valence-electron chi connectivity index (χ0n) is 8.53. The van der Waals surface area contributed by atoms with Gasteiger partial charge in [0.05, 0.1) is 0 Å². The molecular formula is C11H10ClNO3. The van der Waals surface area contributed by atoms with Gasteiger partial charge in [0.1, 0.15) is 0 Å². The van der Waals surface area contributed by atoms with Crippen molar-refractivity contribution in [3.63, 3.8) is 0 Å². The first-order valence-corrected chi connectivity index (χ1v) is 4.85. The summed E-state index contributed by atoms with van der Waals surface area (Å²) < 4.78 is 0. The van der Waals surface area contributed by atoms with Crippen molar-refractivity contribution in [1.82, 2.24) is 5.32 Å². The van der Waals surface area contributed by atoms with Crippen LogP contribution in [0.5, 0.6) is 0 Å². The number of hydrogen-bond donors (Lipinski definition) is 2. The number of halogens is 1. The molecule has 0 aromatic heterocycles. The Bertz CT molecular complexity index is 454. The molecule has 1 aromatic rings. The number of carbonyl (C=O) groups excluding carboxylic acids is 1. The summed E-state index contributed by atoms with van der Waals surface area (Å²) in [6, 6.07) is 6.39. The van der Waals surface area contributed by atoms with Crippen LogP contribution in [-0.4, -0.2) is 17.0 Å². The van der Waals surface area contributed by atoms with Crippen LogP contribution in [-0.2, 0) is 4.79 Å². The van der Waals surface area contributed by atoms with Crippen LogP contribution >= 0.6 is 11.6 Å². The molecule has 0 heterocycles. The van der Waals surface area contributed by atoms with Crippen LogP contribution in [0.3, 0.4) is 0 Å². The third-order valence-corrected chi connectivity index (χ3v) is 1.97. The fourth-order valence-electron chi connectivity index (χ4n) is 1.10. The van der Waals surface area contributed by atoms with Crippen molar-refractivity contribution in [2.75, 3.05) is 0 Å². The zero-order valence-corrected chi connectivity index (χ0v) is 9.28. The van der Waals surface area contributed by atoms with E-state index in [0.29, 0.717) is 10.6 Å². The molecule has 0 bridgehead atoms. The fourth-order valence-corrected chi connectivity index (χ4v) is 1.29. The number of carbonyl (C=O) groups is 2. The first-order chi connectivity index (χ1) is 7.49. The van der Waals surface area contributed by atoms with Crippen molar-refractivity contribution in [2.24, 2.45) is 0 Å². The summed E-state index contributed by atoms with van der Waals surface area (Å²) in [6.07, 6.45) is 0.919. The van der Waals surface area contributed by atoms with E-state index in [1.165, 1.54) is 13.0 Å². The van der Waals surface area contributed by atoms with Gasteiger partial charge in [-0.1, -0.05) is 17.7 Å². The number of hydrogen-bond acceptors (Lipinski definition) is 2. The number of rotatable bonds is 3. The van der Waals surface area contributed by atoms with Gasteiger partial charge in [0, 0.05) is 22.4 Å². The predicted octanol–water partition coefficient (Wildman–Crippen LogP) is 2.06.